The smallest absolute Gasteiger partial charge is 0.0630 e. The third kappa shape index (κ3) is 3.30. The molecule has 1 aliphatic heterocycles. The Hall–Kier alpha value is -3.84. The molecule has 0 aromatic heterocycles. The summed E-state index contributed by atoms with van der Waals surface area (Å²) in [6, 6.07) is 34.2. The van der Waals surface area contributed by atoms with E-state index in [1.165, 1.54) is 55.9 Å². The van der Waals surface area contributed by atoms with Crippen molar-refractivity contribution < 1.29 is 0 Å². The monoisotopic (exact) mass is 465 g/mol. The summed E-state index contributed by atoms with van der Waals surface area (Å²) in [5.74, 6) is 0.342. The number of benzene rings is 4. The molecule has 0 spiro atoms. The Bertz CT molecular complexity index is 1550. The largest absolute Gasteiger partial charge is 0.333 e. The molecule has 0 saturated carbocycles. The van der Waals surface area contributed by atoms with Crippen molar-refractivity contribution in [2.24, 2.45) is 0 Å². The fourth-order valence-electron chi connectivity index (χ4n) is 6.25. The van der Waals surface area contributed by atoms with E-state index >= 15 is 0 Å². The summed E-state index contributed by atoms with van der Waals surface area (Å²) in [6.45, 7) is 6.90. The average molecular weight is 466 g/mol. The first-order chi connectivity index (χ1) is 17.5. The van der Waals surface area contributed by atoms with Crippen LogP contribution in [0.2, 0.25) is 0 Å². The van der Waals surface area contributed by atoms with Crippen molar-refractivity contribution in [3.63, 3.8) is 0 Å². The standard InChI is InChI=1S/C35H31N/c1-35(2,3)27-17-15-26-19-25-14-13-23(20-30(25)31(26)22-27)24-16-18-34-32(21-24)29-11-7-8-12-33(29)36(34)28-9-5-4-6-10-28/h4-18,20-22,32,34H,19H2,1-3H3. The van der Waals surface area contributed by atoms with Gasteiger partial charge in [0.1, 0.15) is 0 Å². The van der Waals surface area contributed by atoms with Gasteiger partial charge in [-0.25, -0.2) is 0 Å². The van der Waals surface area contributed by atoms with E-state index in [1.807, 2.05) is 0 Å². The summed E-state index contributed by atoms with van der Waals surface area (Å²) in [4.78, 5) is 2.50. The molecule has 176 valence electrons. The van der Waals surface area contributed by atoms with Gasteiger partial charge in [0.05, 0.1) is 6.04 Å². The third-order valence-corrected chi connectivity index (χ3v) is 8.18. The molecule has 0 fully saturated rings. The van der Waals surface area contributed by atoms with E-state index in [4.69, 9.17) is 0 Å². The first-order valence-electron chi connectivity index (χ1n) is 13.1. The van der Waals surface area contributed by atoms with Crippen LogP contribution >= 0.6 is 0 Å². The molecule has 3 aliphatic rings. The van der Waals surface area contributed by atoms with E-state index in [0.717, 1.165) is 6.42 Å². The first-order valence-corrected chi connectivity index (χ1v) is 13.1. The van der Waals surface area contributed by atoms with Crippen LogP contribution in [0.1, 0.15) is 54.5 Å². The van der Waals surface area contributed by atoms with Crippen molar-refractivity contribution in [3.8, 4) is 11.1 Å². The SMILES string of the molecule is CC(C)(C)c1ccc2c(c1)-c1cc(C3=CC4c5ccccc5N(c5ccccc5)C4C=C3)ccc1C2. The van der Waals surface area contributed by atoms with Crippen LogP contribution in [0, 0.1) is 0 Å². The summed E-state index contributed by atoms with van der Waals surface area (Å²) < 4.78 is 0. The van der Waals surface area contributed by atoms with Gasteiger partial charge in [-0.3, -0.25) is 0 Å². The number of allylic oxidation sites excluding steroid dienone is 2. The Morgan fingerprint density at radius 2 is 1.47 bits per heavy atom. The lowest BCUT2D eigenvalue weighted by atomic mass is 9.84. The number of hydrogen-bond donors (Lipinski definition) is 0. The van der Waals surface area contributed by atoms with Crippen LogP contribution in [0.15, 0.2) is 109 Å². The van der Waals surface area contributed by atoms with E-state index in [-0.39, 0.29) is 5.41 Å². The Balaban J connectivity index is 1.29. The molecule has 2 atom stereocenters. The van der Waals surface area contributed by atoms with E-state index in [0.29, 0.717) is 12.0 Å². The molecule has 36 heavy (non-hydrogen) atoms. The minimum atomic E-state index is 0.152. The van der Waals surface area contributed by atoms with Crippen molar-refractivity contribution >= 4 is 16.9 Å². The van der Waals surface area contributed by atoms with Crippen LogP contribution in [0.3, 0.4) is 0 Å². The lowest BCUT2D eigenvalue weighted by Crippen LogP contribution is -2.28. The van der Waals surface area contributed by atoms with Crippen molar-refractivity contribution in [1.29, 1.82) is 0 Å². The van der Waals surface area contributed by atoms with Gasteiger partial charge < -0.3 is 4.90 Å². The van der Waals surface area contributed by atoms with Gasteiger partial charge in [-0.05, 0) is 80.6 Å². The summed E-state index contributed by atoms with van der Waals surface area (Å²) in [5, 5.41) is 0. The highest BCUT2D eigenvalue weighted by Crippen LogP contribution is 2.49. The number of fused-ring (bicyclic) bond motifs is 6. The number of rotatable bonds is 2. The van der Waals surface area contributed by atoms with Gasteiger partial charge in [0.15, 0.2) is 0 Å². The van der Waals surface area contributed by atoms with E-state index < -0.39 is 0 Å². The molecule has 1 nitrogen and oxygen atoms in total. The lowest BCUT2D eigenvalue weighted by Gasteiger charge is -2.29. The number of nitrogens with zero attached hydrogens (tertiary/aromatic N) is 1. The van der Waals surface area contributed by atoms with Crippen LogP contribution in [0.5, 0.6) is 0 Å². The zero-order valence-corrected chi connectivity index (χ0v) is 21.2. The molecular formula is C35H31N. The van der Waals surface area contributed by atoms with E-state index in [1.54, 1.807) is 0 Å². The summed E-state index contributed by atoms with van der Waals surface area (Å²) >= 11 is 0. The van der Waals surface area contributed by atoms with Crippen LogP contribution in [0.4, 0.5) is 11.4 Å². The summed E-state index contributed by atoms with van der Waals surface area (Å²) in [7, 11) is 0. The highest BCUT2D eigenvalue weighted by Gasteiger charge is 2.38. The molecule has 4 aromatic carbocycles. The van der Waals surface area contributed by atoms with Crippen LogP contribution < -0.4 is 4.90 Å². The van der Waals surface area contributed by atoms with Gasteiger partial charge in [0.2, 0.25) is 0 Å². The third-order valence-electron chi connectivity index (χ3n) is 8.18. The molecule has 0 bridgehead atoms. The maximum atomic E-state index is 2.50. The van der Waals surface area contributed by atoms with Gasteiger partial charge in [-0.1, -0.05) is 106 Å². The van der Waals surface area contributed by atoms with Crippen molar-refractivity contribution in [1.82, 2.24) is 0 Å². The van der Waals surface area contributed by atoms with Crippen LogP contribution in [-0.4, -0.2) is 6.04 Å². The second-order valence-corrected chi connectivity index (χ2v) is 11.4. The molecule has 2 unspecified atom stereocenters. The predicted octanol–water partition coefficient (Wildman–Crippen LogP) is 8.81. The Morgan fingerprint density at radius 1 is 0.750 bits per heavy atom. The van der Waals surface area contributed by atoms with Crippen molar-refractivity contribution in [2.75, 3.05) is 4.90 Å². The normalized spacial score (nSPS) is 19.4. The molecule has 0 saturated heterocycles. The molecule has 0 radical (unpaired) electrons. The summed E-state index contributed by atoms with van der Waals surface area (Å²) in [5.41, 5.74) is 13.9. The topological polar surface area (TPSA) is 3.24 Å². The van der Waals surface area contributed by atoms with Crippen molar-refractivity contribution in [2.45, 2.75) is 44.6 Å². The van der Waals surface area contributed by atoms with E-state index in [9.17, 15) is 0 Å². The Morgan fingerprint density at radius 3 is 2.28 bits per heavy atom. The fraction of sp³-hybridized carbons (Fsp3) is 0.200. The highest BCUT2D eigenvalue weighted by molar-refractivity contribution is 5.86. The lowest BCUT2D eigenvalue weighted by molar-refractivity contribution is 0.590. The number of para-hydroxylation sites is 2. The minimum Gasteiger partial charge on any atom is -0.333 e. The molecule has 7 rings (SSSR count). The maximum absolute atomic E-state index is 2.50. The molecule has 0 N–H and O–H groups in total. The number of anilines is 2. The molecule has 1 heteroatoms. The van der Waals surface area contributed by atoms with E-state index in [2.05, 4.69) is 135 Å². The molecule has 4 aromatic rings. The molecule has 2 aliphatic carbocycles. The van der Waals surface area contributed by atoms with Gasteiger partial charge in [-0.2, -0.15) is 0 Å². The predicted molar refractivity (Wildman–Crippen MR) is 152 cm³/mol. The van der Waals surface area contributed by atoms with Gasteiger partial charge in [-0.15, -0.1) is 0 Å². The Labute approximate surface area is 214 Å². The molecule has 1 heterocycles. The fourth-order valence-corrected chi connectivity index (χ4v) is 6.25. The van der Waals surface area contributed by atoms with Crippen LogP contribution in [0.25, 0.3) is 16.7 Å². The average Bonchev–Trinajstić information content (AvgIpc) is 3.43. The van der Waals surface area contributed by atoms with Crippen LogP contribution in [-0.2, 0) is 11.8 Å². The maximum Gasteiger partial charge on any atom is 0.0630 e. The Kier molecular flexibility index (Phi) is 4.66. The first kappa shape index (κ1) is 21.4. The zero-order valence-electron chi connectivity index (χ0n) is 21.2. The summed E-state index contributed by atoms with van der Waals surface area (Å²) in [6.07, 6.45) is 8.28. The molecule has 0 amide bonds. The minimum absolute atomic E-state index is 0.152. The zero-order chi connectivity index (χ0) is 24.4. The second kappa shape index (κ2) is 7.83. The van der Waals surface area contributed by atoms with Gasteiger partial charge in [0.25, 0.3) is 0 Å². The highest BCUT2D eigenvalue weighted by atomic mass is 15.2. The quantitative estimate of drug-likeness (QED) is 0.252. The van der Waals surface area contributed by atoms with Gasteiger partial charge in [0, 0.05) is 17.3 Å². The van der Waals surface area contributed by atoms with Gasteiger partial charge >= 0.3 is 0 Å². The second-order valence-electron chi connectivity index (χ2n) is 11.4. The van der Waals surface area contributed by atoms with Crippen molar-refractivity contribution in [3.05, 3.63) is 137 Å². The molecular weight excluding hydrogens is 434 g/mol. The number of hydrogen-bond acceptors (Lipinski definition) is 1.